The van der Waals surface area contributed by atoms with Gasteiger partial charge in [-0.15, -0.1) is 11.3 Å². The lowest BCUT2D eigenvalue weighted by molar-refractivity contribution is -0.133. The number of thiophene rings is 1. The number of amides is 1. The van der Waals surface area contributed by atoms with Gasteiger partial charge in [-0.1, -0.05) is 12.1 Å². The first-order valence-corrected chi connectivity index (χ1v) is 10.4. The van der Waals surface area contributed by atoms with Gasteiger partial charge >= 0.3 is 0 Å². The fourth-order valence-corrected chi connectivity index (χ4v) is 5.43. The molecule has 2 aliphatic rings. The Balaban J connectivity index is 1.47. The van der Waals surface area contributed by atoms with Crippen molar-refractivity contribution in [3.63, 3.8) is 0 Å². The molecule has 0 unspecified atom stereocenters. The Labute approximate surface area is 149 Å². The van der Waals surface area contributed by atoms with Gasteiger partial charge in [-0.25, -0.2) is 13.6 Å². The van der Waals surface area contributed by atoms with Gasteiger partial charge < -0.3 is 10.0 Å². The van der Waals surface area contributed by atoms with E-state index in [2.05, 4.69) is 0 Å². The monoisotopic (exact) mass is 378 g/mol. The van der Waals surface area contributed by atoms with Crippen molar-refractivity contribution in [1.82, 2.24) is 4.90 Å². The lowest BCUT2D eigenvalue weighted by atomic mass is 10.1. The maximum Gasteiger partial charge on any atom is 0.247 e. The number of primary sulfonamides is 1. The van der Waals surface area contributed by atoms with E-state index < -0.39 is 10.0 Å². The highest BCUT2D eigenvalue weighted by molar-refractivity contribution is 7.91. The van der Waals surface area contributed by atoms with Crippen LogP contribution in [0.1, 0.15) is 28.3 Å². The predicted molar refractivity (Wildman–Crippen MR) is 93.8 cm³/mol. The molecule has 6 nitrogen and oxygen atoms in total. The third kappa shape index (κ3) is 3.17. The first kappa shape index (κ1) is 16.6. The molecule has 0 bridgehead atoms. The van der Waals surface area contributed by atoms with Crippen LogP contribution < -0.4 is 5.14 Å². The van der Waals surface area contributed by atoms with Crippen LogP contribution >= 0.6 is 11.3 Å². The van der Waals surface area contributed by atoms with E-state index in [1.807, 2.05) is 6.07 Å². The fraction of sp³-hybridized carbons (Fsp3) is 0.353. The highest BCUT2D eigenvalue weighted by Crippen LogP contribution is 2.49. The molecular formula is C17H18N2O4S2. The number of rotatable bonds is 3. The summed E-state index contributed by atoms with van der Waals surface area (Å²) < 4.78 is 23.2. The van der Waals surface area contributed by atoms with Gasteiger partial charge in [0.25, 0.3) is 0 Å². The topological polar surface area (TPSA) is 101 Å². The molecule has 132 valence electrons. The summed E-state index contributed by atoms with van der Waals surface area (Å²) in [6.45, 7) is 1.03. The minimum absolute atomic E-state index is 0.0558. The van der Waals surface area contributed by atoms with E-state index in [9.17, 15) is 18.3 Å². The van der Waals surface area contributed by atoms with Crippen molar-refractivity contribution in [2.24, 2.45) is 11.1 Å². The molecule has 1 saturated carbocycles. The van der Waals surface area contributed by atoms with Crippen molar-refractivity contribution in [2.75, 3.05) is 6.54 Å². The van der Waals surface area contributed by atoms with E-state index in [1.165, 1.54) is 11.3 Å². The van der Waals surface area contributed by atoms with Crippen molar-refractivity contribution in [3.8, 4) is 5.75 Å². The molecule has 8 heteroatoms. The Bertz CT molecular complexity index is 951. The second-order valence-corrected chi connectivity index (χ2v) is 9.54. The first-order chi connectivity index (χ1) is 11.8. The van der Waals surface area contributed by atoms with E-state index in [4.69, 9.17) is 5.14 Å². The molecule has 25 heavy (non-hydrogen) atoms. The Morgan fingerprint density at radius 2 is 2.12 bits per heavy atom. The summed E-state index contributed by atoms with van der Waals surface area (Å²) >= 11 is 1.20. The zero-order chi connectivity index (χ0) is 17.8. The number of benzene rings is 1. The van der Waals surface area contributed by atoms with Gasteiger partial charge in [0.05, 0.1) is 0 Å². The van der Waals surface area contributed by atoms with Gasteiger partial charge in [-0.3, -0.25) is 4.79 Å². The number of phenols is 1. The summed E-state index contributed by atoms with van der Waals surface area (Å²) in [6, 6.07) is 8.65. The third-order valence-corrected chi connectivity index (χ3v) is 7.50. The quantitative estimate of drug-likeness (QED) is 0.850. The van der Waals surface area contributed by atoms with Gasteiger partial charge in [0.15, 0.2) is 0 Å². The van der Waals surface area contributed by atoms with E-state index in [0.717, 1.165) is 22.4 Å². The number of aromatic hydroxyl groups is 1. The highest BCUT2D eigenvalue weighted by atomic mass is 32.2. The molecule has 2 aromatic rings. The number of nitrogens with two attached hydrogens (primary N) is 1. The molecular weight excluding hydrogens is 360 g/mol. The molecule has 1 aromatic heterocycles. The van der Waals surface area contributed by atoms with Crippen LogP contribution in [0.25, 0.3) is 0 Å². The molecule has 1 aromatic carbocycles. The maximum absolute atomic E-state index is 12.8. The normalized spacial score (nSPS) is 22.5. The van der Waals surface area contributed by atoms with Crippen LogP contribution in [0.5, 0.6) is 5.75 Å². The number of carbonyl (C=O) groups is 1. The van der Waals surface area contributed by atoms with Crippen molar-refractivity contribution in [1.29, 1.82) is 0 Å². The molecule has 1 aliphatic heterocycles. The Kier molecular flexibility index (Phi) is 3.86. The lowest BCUT2D eigenvalue weighted by Crippen LogP contribution is -2.36. The molecule has 1 aliphatic carbocycles. The standard InChI is InChI=1S/C17H18N2O4S2/c18-25(22,23)16-7-11-9-19(5-4-15(11)24-16)17(21)14-8-13(14)10-2-1-3-12(20)6-10/h1-3,6-7,13-14,20H,4-5,8-9H2,(H2,18,22,23)/t13-,14+/m0/s1. The summed E-state index contributed by atoms with van der Waals surface area (Å²) in [5.74, 6) is 0.414. The molecule has 3 N–H and O–H groups in total. The third-order valence-electron chi connectivity index (χ3n) is 4.84. The lowest BCUT2D eigenvalue weighted by Gasteiger charge is -2.27. The largest absolute Gasteiger partial charge is 0.508 e. The first-order valence-electron chi connectivity index (χ1n) is 8.05. The van der Waals surface area contributed by atoms with E-state index in [0.29, 0.717) is 19.5 Å². The Hall–Kier alpha value is -1.90. The average Bonchev–Trinajstić information content (AvgIpc) is 3.23. The van der Waals surface area contributed by atoms with Crippen LogP contribution in [0.4, 0.5) is 0 Å². The minimum Gasteiger partial charge on any atom is -0.508 e. The van der Waals surface area contributed by atoms with Crippen LogP contribution in [0.3, 0.4) is 0 Å². The van der Waals surface area contributed by atoms with Gasteiger partial charge in [0.1, 0.15) is 9.96 Å². The molecule has 4 rings (SSSR count). The maximum atomic E-state index is 12.8. The Morgan fingerprint density at radius 1 is 1.32 bits per heavy atom. The zero-order valence-electron chi connectivity index (χ0n) is 13.4. The average molecular weight is 378 g/mol. The zero-order valence-corrected chi connectivity index (χ0v) is 15.0. The Morgan fingerprint density at radius 3 is 2.84 bits per heavy atom. The van der Waals surface area contributed by atoms with E-state index in [1.54, 1.807) is 29.2 Å². The van der Waals surface area contributed by atoms with Crippen LogP contribution in [0.2, 0.25) is 0 Å². The van der Waals surface area contributed by atoms with Crippen LogP contribution in [0.15, 0.2) is 34.5 Å². The molecule has 0 radical (unpaired) electrons. The smallest absolute Gasteiger partial charge is 0.247 e. The number of fused-ring (bicyclic) bond motifs is 1. The summed E-state index contributed by atoms with van der Waals surface area (Å²) in [5.41, 5.74) is 1.87. The number of phenolic OH excluding ortho intramolecular Hbond substituents is 1. The highest BCUT2D eigenvalue weighted by Gasteiger charge is 2.46. The number of sulfonamides is 1. The van der Waals surface area contributed by atoms with Crippen LogP contribution in [-0.2, 0) is 27.8 Å². The SMILES string of the molecule is NS(=O)(=O)c1cc2c(s1)CCN(C(=O)[C@@H]1C[C@H]1c1cccc(O)c1)C2. The minimum atomic E-state index is -3.70. The molecule has 1 amide bonds. The van der Waals surface area contributed by atoms with Crippen molar-refractivity contribution in [2.45, 2.75) is 29.5 Å². The second-order valence-electron chi connectivity index (χ2n) is 6.61. The van der Waals surface area contributed by atoms with Gasteiger partial charge in [-0.2, -0.15) is 0 Å². The molecule has 0 saturated heterocycles. The summed E-state index contributed by atoms with van der Waals surface area (Å²) in [4.78, 5) is 15.6. The molecule has 2 atom stereocenters. The second kappa shape index (κ2) is 5.82. The van der Waals surface area contributed by atoms with Gasteiger partial charge in [0, 0.05) is 23.9 Å². The van der Waals surface area contributed by atoms with Crippen molar-refractivity contribution >= 4 is 27.3 Å². The van der Waals surface area contributed by atoms with E-state index >= 15 is 0 Å². The number of hydrogen-bond donors (Lipinski definition) is 2. The summed E-state index contributed by atoms with van der Waals surface area (Å²) in [5, 5.41) is 14.8. The molecule has 0 spiro atoms. The van der Waals surface area contributed by atoms with Crippen molar-refractivity contribution in [3.05, 3.63) is 46.3 Å². The summed E-state index contributed by atoms with van der Waals surface area (Å²) in [7, 11) is -3.70. The summed E-state index contributed by atoms with van der Waals surface area (Å²) in [6.07, 6.45) is 1.45. The van der Waals surface area contributed by atoms with Crippen LogP contribution in [0, 0.1) is 5.92 Å². The number of nitrogens with zero attached hydrogens (tertiary/aromatic N) is 1. The number of carbonyl (C=O) groups excluding carboxylic acids is 1. The fourth-order valence-electron chi connectivity index (χ4n) is 3.46. The van der Waals surface area contributed by atoms with Gasteiger partial charge in [-0.05, 0) is 48.1 Å². The molecule has 1 fully saturated rings. The molecule has 2 heterocycles. The van der Waals surface area contributed by atoms with Gasteiger partial charge in [0.2, 0.25) is 15.9 Å². The number of hydrogen-bond acceptors (Lipinski definition) is 5. The predicted octanol–water partition coefficient (Wildman–Crippen LogP) is 1.79. The van der Waals surface area contributed by atoms with Crippen molar-refractivity contribution < 1.29 is 18.3 Å². The van der Waals surface area contributed by atoms with E-state index in [-0.39, 0.29) is 27.7 Å². The van der Waals surface area contributed by atoms with Crippen LogP contribution in [-0.4, -0.2) is 30.9 Å².